The lowest BCUT2D eigenvalue weighted by atomic mass is 10.1. The molecule has 0 spiro atoms. The number of hydrogen-bond acceptors (Lipinski definition) is 4. The number of hydrogen-bond donors (Lipinski definition) is 3. The maximum absolute atomic E-state index is 11.5. The standard InChI is InChI=1S/C12H10N4OS/c13-6-3-5-18-11(6)8-9-7(2-1-4-15-9)16-10(8)12(14)17/h1-5,16H,13H2,(H2,14,17). The summed E-state index contributed by atoms with van der Waals surface area (Å²) in [6.07, 6.45) is 1.67. The normalized spacial score (nSPS) is 10.9. The van der Waals surface area contributed by atoms with Crippen LogP contribution in [0, 0.1) is 0 Å². The quantitative estimate of drug-likeness (QED) is 0.655. The molecule has 0 aliphatic rings. The summed E-state index contributed by atoms with van der Waals surface area (Å²) >= 11 is 1.46. The topological polar surface area (TPSA) is 97.8 Å². The number of nitrogens with zero attached hydrogens (tertiary/aromatic N) is 1. The zero-order chi connectivity index (χ0) is 12.7. The highest BCUT2D eigenvalue weighted by Gasteiger charge is 2.20. The summed E-state index contributed by atoms with van der Waals surface area (Å²) in [5.41, 5.74) is 14.4. The zero-order valence-electron chi connectivity index (χ0n) is 9.31. The number of rotatable bonds is 2. The summed E-state index contributed by atoms with van der Waals surface area (Å²) in [7, 11) is 0. The van der Waals surface area contributed by atoms with E-state index in [1.54, 1.807) is 18.3 Å². The number of nitrogens with one attached hydrogen (secondary N) is 1. The van der Waals surface area contributed by atoms with Crippen molar-refractivity contribution < 1.29 is 4.79 Å². The number of amides is 1. The number of nitrogen functional groups attached to an aromatic ring is 1. The fourth-order valence-corrected chi connectivity index (χ4v) is 2.82. The lowest BCUT2D eigenvalue weighted by Crippen LogP contribution is -2.12. The van der Waals surface area contributed by atoms with Crippen LogP contribution >= 0.6 is 11.3 Å². The Hall–Kier alpha value is -2.34. The maximum atomic E-state index is 11.5. The van der Waals surface area contributed by atoms with Crippen LogP contribution in [0.15, 0.2) is 29.8 Å². The van der Waals surface area contributed by atoms with E-state index in [1.165, 1.54) is 11.3 Å². The third kappa shape index (κ3) is 1.46. The lowest BCUT2D eigenvalue weighted by molar-refractivity contribution is 0.0997. The average Bonchev–Trinajstić information content (AvgIpc) is 2.92. The number of carbonyl (C=O) groups is 1. The molecule has 5 nitrogen and oxygen atoms in total. The monoisotopic (exact) mass is 258 g/mol. The van der Waals surface area contributed by atoms with Crippen LogP contribution in [0.3, 0.4) is 0 Å². The SMILES string of the molecule is NC(=O)c1[nH]c2cccnc2c1-c1sccc1N. The van der Waals surface area contributed by atoms with E-state index in [4.69, 9.17) is 11.5 Å². The highest BCUT2D eigenvalue weighted by Crippen LogP contribution is 2.38. The minimum Gasteiger partial charge on any atom is -0.398 e. The number of aromatic nitrogens is 2. The minimum absolute atomic E-state index is 0.345. The number of carbonyl (C=O) groups excluding carboxylic acids is 1. The van der Waals surface area contributed by atoms with Crippen LogP contribution in [0.25, 0.3) is 21.5 Å². The van der Waals surface area contributed by atoms with Crippen molar-refractivity contribution in [2.75, 3.05) is 5.73 Å². The lowest BCUT2D eigenvalue weighted by Gasteiger charge is -2.00. The molecule has 0 aliphatic carbocycles. The second-order valence-electron chi connectivity index (χ2n) is 3.84. The van der Waals surface area contributed by atoms with Crippen LogP contribution in [0.5, 0.6) is 0 Å². The molecule has 0 aliphatic heterocycles. The van der Waals surface area contributed by atoms with Gasteiger partial charge in [0.05, 0.1) is 27.2 Å². The second kappa shape index (κ2) is 3.85. The van der Waals surface area contributed by atoms with Gasteiger partial charge >= 0.3 is 0 Å². The van der Waals surface area contributed by atoms with Gasteiger partial charge in [-0.1, -0.05) is 0 Å². The van der Waals surface area contributed by atoms with E-state index in [0.29, 0.717) is 22.5 Å². The molecule has 0 bridgehead atoms. The Bertz CT molecular complexity index is 743. The van der Waals surface area contributed by atoms with Gasteiger partial charge in [0.25, 0.3) is 5.91 Å². The smallest absolute Gasteiger partial charge is 0.265 e. The molecular formula is C12H10N4OS. The van der Waals surface area contributed by atoms with Crippen LogP contribution in [0.2, 0.25) is 0 Å². The summed E-state index contributed by atoms with van der Waals surface area (Å²) in [6.45, 7) is 0. The summed E-state index contributed by atoms with van der Waals surface area (Å²) in [5.74, 6) is -0.518. The summed E-state index contributed by atoms with van der Waals surface area (Å²) < 4.78 is 0. The van der Waals surface area contributed by atoms with Crippen LogP contribution in [0.4, 0.5) is 5.69 Å². The number of H-pyrrole nitrogens is 1. The van der Waals surface area contributed by atoms with Gasteiger partial charge in [-0.15, -0.1) is 11.3 Å². The molecule has 5 N–H and O–H groups in total. The van der Waals surface area contributed by atoms with Gasteiger partial charge in [0, 0.05) is 6.20 Å². The molecule has 3 heterocycles. The van der Waals surface area contributed by atoms with Crippen molar-refractivity contribution in [2.24, 2.45) is 5.73 Å². The predicted molar refractivity (Wildman–Crippen MR) is 72.3 cm³/mol. The van der Waals surface area contributed by atoms with E-state index in [0.717, 1.165) is 10.4 Å². The molecule has 6 heteroatoms. The average molecular weight is 258 g/mol. The molecule has 0 unspecified atom stereocenters. The van der Waals surface area contributed by atoms with Gasteiger partial charge in [0.2, 0.25) is 0 Å². The predicted octanol–water partition coefficient (Wildman–Crippen LogP) is 1.97. The van der Waals surface area contributed by atoms with Crippen LogP contribution < -0.4 is 11.5 Å². The molecule has 90 valence electrons. The van der Waals surface area contributed by atoms with Crippen molar-refractivity contribution in [3.05, 3.63) is 35.5 Å². The second-order valence-corrected chi connectivity index (χ2v) is 4.76. The molecular weight excluding hydrogens is 248 g/mol. The van der Waals surface area contributed by atoms with Crippen molar-refractivity contribution in [3.63, 3.8) is 0 Å². The van der Waals surface area contributed by atoms with Gasteiger partial charge in [-0.05, 0) is 23.6 Å². The van der Waals surface area contributed by atoms with Crippen LogP contribution in [0.1, 0.15) is 10.5 Å². The molecule has 0 saturated carbocycles. The van der Waals surface area contributed by atoms with E-state index < -0.39 is 5.91 Å². The zero-order valence-corrected chi connectivity index (χ0v) is 10.1. The fraction of sp³-hybridized carbons (Fsp3) is 0. The molecule has 0 atom stereocenters. The Kier molecular flexibility index (Phi) is 2.31. The third-order valence-electron chi connectivity index (χ3n) is 2.72. The first kappa shape index (κ1) is 10.8. The third-order valence-corrected chi connectivity index (χ3v) is 3.67. The first-order valence-electron chi connectivity index (χ1n) is 5.28. The van der Waals surface area contributed by atoms with Gasteiger partial charge in [-0.25, -0.2) is 0 Å². The summed E-state index contributed by atoms with van der Waals surface area (Å²) in [4.78, 5) is 19.6. The molecule has 3 aromatic heterocycles. The molecule has 0 aromatic carbocycles. The van der Waals surface area contributed by atoms with Crippen LogP contribution in [-0.2, 0) is 0 Å². The number of nitrogens with two attached hydrogens (primary N) is 2. The number of pyridine rings is 1. The van der Waals surface area contributed by atoms with Gasteiger partial charge in [0.1, 0.15) is 5.69 Å². The molecule has 18 heavy (non-hydrogen) atoms. The Balaban J connectivity index is 2.42. The number of aromatic amines is 1. The van der Waals surface area contributed by atoms with Gasteiger partial charge in [-0.3, -0.25) is 9.78 Å². The van der Waals surface area contributed by atoms with E-state index in [9.17, 15) is 4.79 Å². The fourth-order valence-electron chi connectivity index (χ4n) is 1.95. The van der Waals surface area contributed by atoms with Crippen molar-refractivity contribution in [1.29, 1.82) is 0 Å². The van der Waals surface area contributed by atoms with Gasteiger partial charge in [-0.2, -0.15) is 0 Å². The molecule has 0 radical (unpaired) electrons. The molecule has 3 aromatic rings. The Labute approximate surface area is 106 Å². The number of thiophene rings is 1. The number of anilines is 1. The Morgan fingerprint density at radius 2 is 2.22 bits per heavy atom. The highest BCUT2D eigenvalue weighted by atomic mass is 32.1. The first-order valence-corrected chi connectivity index (χ1v) is 6.16. The van der Waals surface area contributed by atoms with E-state index in [-0.39, 0.29) is 0 Å². The van der Waals surface area contributed by atoms with E-state index in [2.05, 4.69) is 9.97 Å². The largest absolute Gasteiger partial charge is 0.398 e. The molecule has 0 fully saturated rings. The van der Waals surface area contributed by atoms with Crippen molar-refractivity contribution >= 4 is 34.0 Å². The first-order chi connectivity index (χ1) is 8.68. The van der Waals surface area contributed by atoms with Crippen LogP contribution in [-0.4, -0.2) is 15.9 Å². The van der Waals surface area contributed by atoms with Gasteiger partial charge in [0.15, 0.2) is 0 Å². The van der Waals surface area contributed by atoms with Crippen molar-refractivity contribution in [2.45, 2.75) is 0 Å². The highest BCUT2D eigenvalue weighted by molar-refractivity contribution is 7.14. The van der Waals surface area contributed by atoms with Gasteiger partial charge < -0.3 is 16.5 Å². The van der Waals surface area contributed by atoms with E-state index >= 15 is 0 Å². The van der Waals surface area contributed by atoms with Crippen molar-refractivity contribution in [1.82, 2.24) is 9.97 Å². The Morgan fingerprint density at radius 3 is 2.89 bits per heavy atom. The minimum atomic E-state index is -0.518. The summed E-state index contributed by atoms with van der Waals surface area (Å²) in [6, 6.07) is 5.44. The molecule has 0 saturated heterocycles. The molecule has 3 rings (SSSR count). The molecule has 1 amide bonds. The number of primary amides is 1. The Morgan fingerprint density at radius 1 is 1.39 bits per heavy atom. The summed E-state index contributed by atoms with van der Waals surface area (Å²) in [5, 5.41) is 1.87. The number of fused-ring (bicyclic) bond motifs is 1. The van der Waals surface area contributed by atoms with E-state index in [1.807, 2.05) is 11.4 Å². The maximum Gasteiger partial charge on any atom is 0.265 e. The van der Waals surface area contributed by atoms with Crippen molar-refractivity contribution in [3.8, 4) is 10.4 Å².